The van der Waals surface area contributed by atoms with Crippen LogP contribution in [0.1, 0.15) is 13.8 Å². The zero-order valence-electron chi connectivity index (χ0n) is 13.2. The van der Waals surface area contributed by atoms with Gasteiger partial charge in [0.1, 0.15) is 5.75 Å². The van der Waals surface area contributed by atoms with E-state index in [1.165, 1.54) is 0 Å². The number of nitrogens with zero attached hydrogens (tertiary/aromatic N) is 1. The first-order valence-electron chi connectivity index (χ1n) is 6.69. The molecule has 6 heteroatoms. The number of nitrogens with two attached hydrogens (primary N) is 1. The van der Waals surface area contributed by atoms with Crippen molar-refractivity contribution < 1.29 is 9.53 Å². The van der Waals surface area contributed by atoms with Crippen LogP contribution in [-0.4, -0.2) is 44.6 Å². The van der Waals surface area contributed by atoms with Gasteiger partial charge in [-0.25, -0.2) is 0 Å². The van der Waals surface area contributed by atoms with Crippen molar-refractivity contribution in [2.45, 2.75) is 13.8 Å². The summed E-state index contributed by atoms with van der Waals surface area (Å²) < 4.78 is 5.07. The predicted molar refractivity (Wildman–Crippen MR) is 89.2 cm³/mol. The van der Waals surface area contributed by atoms with Crippen molar-refractivity contribution >= 4 is 24.0 Å². The molecule has 0 heterocycles. The molecule has 0 aliphatic heterocycles. The highest BCUT2D eigenvalue weighted by Crippen LogP contribution is 2.16. The molecule has 0 saturated heterocycles. The van der Waals surface area contributed by atoms with E-state index in [-0.39, 0.29) is 23.7 Å². The van der Waals surface area contributed by atoms with E-state index in [1.807, 2.05) is 36.2 Å². The molecular weight excluding hydrogens is 290 g/mol. The maximum absolute atomic E-state index is 11.9. The fourth-order valence-corrected chi connectivity index (χ4v) is 1.97. The molecule has 0 fully saturated rings. The molecule has 0 unspecified atom stereocenters. The summed E-state index contributed by atoms with van der Waals surface area (Å²) in [6.07, 6.45) is 0. The van der Waals surface area contributed by atoms with Gasteiger partial charge in [0.15, 0.2) is 0 Å². The molecule has 1 amide bonds. The number of hydrogen-bond acceptors (Lipinski definition) is 4. The Morgan fingerprint density at radius 2 is 1.90 bits per heavy atom. The number of hydrogen-bond donors (Lipinski definition) is 2. The van der Waals surface area contributed by atoms with Crippen molar-refractivity contribution in [1.29, 1.82) is 0 Å². The highest BCUT2D eigenvalue weighted by atomic mass is 35.5. The molecule has 0 saturated carbocycles. The van der Waals surface area contributed by atoms with Crippen molar-refractivity contribution in [3.63, 3.8) is 0 Å². The Bertz CT molecular complexity index is 435. The predicted octanol–water partition coefficient (Wildman–Crippen LogP) is 1.97. The van der Waals surface area contributed by atoms with Crippen LogP contribution in [0, 0.1) is 5.41 Å². The minimum absolute atomic E-state index is 0. The lowest BCUT2D eigenvalue weighted by Gasteiger charge is -2.28. The van der Waals surface area contributed by atoms with Gasteiger partial charge in [-0.2, -0.15) is 0 Å². The number of carbonyl (C=O) groups is 1. The maximum atomic E-state index is 11.9. The third-order valence-corrected chi connectivity index (χ3v) is 3.04. The Morgan fingerprint density at radius 3 is 2.38 bits per heavy atom. The van der Waals surface area contributed by atoms with Crippen LogP contribution in [0.4, 0.5) is 5.69 Å². The topological polar surface area (TPSA) is 67.6 Å². The number of ether oxygens (including phenoxy) is 1. The summed E-state index contributed by atoms with van der Waals surface area (Å²) in [5.74, 6) is 0.732. The molecule has 0 spiro atoms. The van der Waals surface area contributed by atoms with Crippen LogP contribution >= 0.6 is 12.4 Å². The second kappa shape index (κ2) is 8.87. The Hall–Kier alpha value is -1.30. The van der Waals surface area contributed by atoms with Gasteiger partial charge < -0.3 is 15.8 Å². The normalized spacial score (nSPS) is 11.0. The van der Waals surface area contributed by atoms with Crippen molar-refractivity contribution in [3.8, 4) is 5.75 Å². The standard InChI is InChI=1S/C15H25N3O2.ClH/c1-15(2,10-16)11-18(3)9-14(19)17-12-5-7-13(20-4)8-6-12;/h5-8H,9-11,16H2,1-4H3,(H,17,19);1H. The van der Waals surface area contributed by atoms with Crippen LogP contribution in [-0.2, 0) is 4.79 Å². The highest BCUT2D eigenvalue weighted by molar-refractivity contribution is 5.92. The monoisotopic (exact) mass is 315 g/mol. The summed E-state index contributed by atoms with van der Waals surface area (Å²) in [6, 6.07) is 7.27. The van der Waals surface area contributed by atoms with E-state index >= 15 is 0 Å². The van der Waals surface area contributed by atoms with Gasteiger partial charge in [-0.15, -0.1) is 12.4 Å². The number of anilines is 1. The average molecular weight is 316 g/mol. The van der Waals surface area contributed by atoms with Crippen molar-refractivity contribution in [2.75, 3.05) is 39.1 Å². The molecule has 120 valence electrons. The summed E-state index contributed by atoms with van der Waals surface area (Å²) in [4.78, 5) is 13.9. The zero-order chi connectivity index (χ0) is 15.2. The van der Waals surface area contributed by atoms with Crippen molar-refractivity contribution in [1.82, 2.24) is 4.90 Å². The minimum atomic E-state index is -0.0366. The Kier molecular flexibility index (Phi) is 8.32. The largest absolute Gasteiger partial charge is 0.497 e. The summed E-state index contributed by atoms with van der Waals surface area (Å²) in [7, 11) is 3.53. The van der Waals surface area contributed by atoms with Crippen molar-refractivity contribution in [2.24, 2.45) is 11.1 Å². The fourth-order valence-electron chi connectivity index (χ4n) is 1.97. The number of methoxy groups -OCH3 is 1. The van der Waals surface area contributed by atoms with E-state index < -0.39 is 0 Å². The Labute approximate surface area is 133 Å². The van der Waals surface area contributed by atoms with E-state index in [1.54, 1.807) is 7.11 Å². The number of carbonyl (C=O) groups excluding carboxylic acids is 1. The maximum Gasteiger partial charge on any atom is 0.238 e. The third kappa shape index (κ3) is 7.32. The lowest BCUT2D eigenvalue weighted by atomic mass is 9.93. The average Bonchev–Trinajstić information content (AvgIpc) is 2.38. The first kappa shape index (κ1) is 19.7. The molecule has 5 nitrogen and oxygen atoms in total. The zero-order valence-corrected chi connectivity index (χ0v) is 14.0. The SMILES string of the molecule is COc1ccc(NC(=O)CN(C)CC(C)(C)CN)cc1.Cl. The van der Waals surface area contributed by atoms with Gasteiger partial charge in [0.2, 0.25) is 5.91 Å². The van der Waals surface area contributed by atoms with E-state index in [0.29, 0.717) is 13.1 Å². The number of likely N-dealkylation sites (N-methyl/N-ethyl adjacent to an activating group) is 1. The van der Waals surface area contributed by atoms with Gasteiger partial charge in [-0.1, -0.05) is 13.8 Å². The van der Waals surface area contributed by atoms with Crippen LogP contribution in [0.15, 0.2) is 24.3 Å². The first-order chi connectivity index (χ1) is 9.36. The molecule has 0 aliphatic carbocycles. The van der Waals surface area contributed by atoms with Gasteiger partial charge in [0.25, 0.3) is 0 Å². The molecule has 0 atom stereocenters. The summed E-state index contributed by atoms with van der Waals surface area (Å²) >= 11 is 0. The number of benzene rings is 1. The van der Waals surface area contributed by atoms with Crippen molar-refractivity contribution in [3.05, 3.63) is 24.3 Å². The Morgan fingerprint density at radius 1 is 1.33 bits per heavy atom. The number of rotatable bonds is 7. The summed E-state index contributed by atoms with van der Waals surface area (Å²) in [5.41, 5.74) is 6.47. The molecule has 1 rings (SSSR count). The number of amides is 1. The van der Waals surface area contributed by atoms with Gasteiger partial charge in [-0.05, 0) is 43.3 Å². The quantitative estimate of drug-likeness (QED) is 0.807. The first-order valence-corrected chi connectivity index (χ1v) is 6.69. The second-order valence-corrected chi connectivity index (χ2v) is 5.82. The lowest BCUT2D eigenvalue weighted by molar-refractivity contribution is -0.117. The number of halogens is 1. The second-order valence-electron chi connectivity index (χ2n) is 5.82. The third-order valence-electron chi connectivity index (χ3n) is 3.04. The molecule has 21 heavy (non-hydrogen) atoms. The summed E-state index contributed by atoms with van der Waals surface area (Å²) in [6.45, 7) is 5.89. The fraction of sp³-hybridized carbons (Fsp3) is 0.533. The molecule has 0 aromatic heterocycles. The summed E-state index contributed by atoms with van der Waals surface area (Å²) in [5, 5.41) is 2.86. The van der Waals surface area contributed by atoms with Gasteiger partial charge in [0.05, 0.1) is 13.7 Å². The van der Waals surface area contributed by atoms with E-state index in [4.69, 9.17) is 10.5 Å². The minimum Gasteiger partial charge on any atom is -0.497 e. The molecule has 0 radical (unpaired) electrons. The van der Waals surface area contributed by atoms with Gasteiger partial charge >= 0.3 is 0 Å². The highest BCUT2D eigenvalue weighted by Gasteiger charge is 2.19. The number of nitrogens with one attached hydrogen (secondary N) is 1. The lowest BCUT2D eigenvalue weighted by Crippen LogP contribution is -2.40. The smallest absolute Gasteiger partial charge is 0.238 e. The molecular formula is C15H26ClN3O2. The van der Waals surface area contributed by atoms with Crippen LogP contribution in [0.2, 0.25) is 0 Å². The van der Waals surface area contributed by atoms with Crippen LogP contribution in [0.5, 0.6) is 5.75 Å². The van der Waals surface area contributed by atoms with Crippen LogP contribution < -0.4 is 15.8 Å². The van der Waals surface area contributed by atoms with Gasteiger partial charge in [0, 0.05) is 12.2 Å². The van der Waals surface area contributed by atoms with Gasteiger partial charge in [-0.3, -0.25) is 9.69 Å². The van der Waals surface area contributed by atoms with Crippen LogP contribution in [0.25, 0.3) is 0 Å². The molecule has 3 N–H and O–H groups in total. The molecule has 1 aromatic carbocycles. The van der Waals surface area contributed by atoms with E-state index in [9.17, 15) is 4.79 Å². The van der Waals surface area contributed by atoms with E-state index in [2.05, 4.69) is 19.2 Å². The molecule has 1 aromatic rings. The molecule has 0 aliphatic rings. The Balaban J connectivity index is 0.00000400. The van der Waals surface area contributed by atoms with Crippen LogP contribution in [0.3, 0.4) is 0 Å². The molecule has 0 bridgehead atoms. The van der Waals surface area contributed by atoms with E-state index in [0.717, 1.165) is 18.0 Å².